The lowest BCUT2D eigenvalue weighted by Crippen LogP contribution is -2.33. The summed E-state index contributed by atoms with van der Waals surface area (Å²) in [5, 5.41) is 0. The third-order valence-electron chi connectivity index (χ3n) is 5.23. The van der Waals surface area contributed by atoms with Crippen LogP contribution in [0.15, 0.2) is 54.6 Å². The van der Waals surface area contributed by atoms with E-state index in [1.54, 1.807) is 0 Å². The third-order valence-corrected chi connectivity index (χ3v) is 5.23. The molecule has 0 unspecified atom stereocenters. The van der Waals surface area contributed by atoms with Crippen molar-refractivity contribution in [3.05, 3.63) is 65.7 Å². The van der Waals surface area contributed by atoms with E-state index in [9.17, 15) is 4.79 Å². The van der Waals surface area contributed by atoms with Crippen LogP contribution in [0.3, 0.4) is 0 Å². The fourth-order valence-corrected chi connectivity index (χ4v) is 3.58. The first-order chi connectivity index (χ1) is 12.6. The second kappa shape index (κ2) is 9.77. The molecule has 1 aliphatic heterocycles. The summed E-state index contributed by atoms with van der Waals surface area (Å²) in [6.07, 6.45) is 0. The summed E-state index contributed by atoms with van der Waals surface area (Å²) in [6.45, 7) is 6.37. The summed E-state index contributed by atoms with van der Waals surface area (Å²) in [5.74, 6) is 1.84. The number of likely N-dealkylation sites (tertiary alicyclic amines) is 1. The minimum atomic E-state index is 0. The van der Waals surface area contributed by atoms with E-state index < -0.39 is 0 Å². The molecule has 2 atom stereocenters. The topological polar surface area (TPSA) is 55.6 Å². The molecule has 3 rings (SSSR count). The van der Waals surface area contributed by atoms with Crippen molar-refractivity contribution < 1.29 is 9.53 Å². The molecule has 1 aliphatic rings. The summed E-state index contributed by atoms with van der Waals surface area (Å²) in [5.41, 5.74) is 8.48. The van der Waals surface area contributed by atoms with Crippen molar-refractivity contribution in [1.29, 1.82) is 0 Å². The lowest BCUT2D eigenvalue weighted by atomic mass is 9.89. The first kappa shape index (κ1) is 21.3. The first-order valence-electron chi connectivity index (χ1n) is 9.34. The molecular formula is C22H29ClN2O2. The van der Waals surface area contributed by atoms with Crippen LogP contribution in [0.4, 0.5) is 0 Å². The van der Waals surface area contributed by atoms with Gasteiger partial charge in [0.05, 0.1) is 0 Å². The highest BCUT2D eigenvalue weighted by molar-refractivity contribution is 5.85. The standard InChI is InChI=1S/C22H28N2O2.ClH/c1-16(2)17-8-10-20(11-9-17)26-15-22(25)24-13-19(12-23)21(14-24)18-6-4-3-5-7-18;/h3-11,16,19,21H,12-15,23H2,1-2H3;1H/t19-,21+;/m1./s1. The number of rotatable bonds is 6. The van der Waals surface area contributed by atoms with Crippen LogP contribution in [0.25, 0.3) is 0 Å². The molecule has 2 aromatic rings. The maximum Gasteiger partial charge on any atom is 0.260 e. The third kappa shape index (κ3) is 5.24. The van der Waals surface area contributed by atoms with E-state index in [-0.39, 0.29) is 24.9 Å². The summed E-state index contributed by atoms with van der Waals surface area (Å²) in [7, 11) is 0. The summed E-state index contributed by atoms with van der Waals surface area (Å²) < 4.78 is 5.70. The number of halogens is 1. The molecule has 146 valence electrons. The molecule has 5 heteroatoms. The Morgan fingerprint density at radius 1 is 1.11 bits per heavy atom. The molecule has 27 heavy (non-hydrogen) atoms. The molecule has 2 N–H and O–H groups in total. The second-order valence-corrected chi connectivity index (χ2v) is 7.32. The number of carbonyl (C=O) groups is 1. The molecule has 0 bridgehead atoms. The van der Waals surface area contributed by atoms with E-state index in [1.165, 1.54) is 11.1 Å². The Labute approximate surface area is 168 Å². The molecule has 1 heterocycles. The Kier molecular flexibility index (Phi) is 7.69. The van der Waals surface area contributed by atoms with Crippen LogP contribution in [0.5, 0.6) is 5.75 Å². The van der Waals surface area contributed by atoms with Crippen molar-refractivity contribution in [3.8, 4) is 5.75 Å². The number of amides is 1. The van der Waals surface area contributed by atoms with Crippen molar-refractivity contribution in [2.45, 2.75) is 25.7 Å². The molecule has 0 aromatic heterocycles. The van der Waals surface area contributed by atoms with Gasteiger partial charge in [-0.3, -0.25) is 4.79 Å². The van der Waals surface area contributed by atoms with Crippen LogP contribution in [0, 0.1) is 5.92 Å². The number of nitrogens with two attached hydrogens (primary N) is 1. The van der Waals surface area contributed by atoms with Gasteiger partial charge in [-0.15, -0.1) is 12.4 Å². The van der Waals surface area contributed by atoms with Crippen molar-refractivity contribution in [1.82, 2.24) is 4.90 Å². The highest BCUT2D eigenvalue weighted by Gasteiger charge is 2.35. The fraction of sp³-hybridized carbons (Fsp3) is 0.409. The Balaban J connectivity index is 0.00000261. The molecule has 1 fully saturated rings. The molecule has 0 radical (unpaired) electrons. The lowest BCUT2D eigenvalue weighted by Gasteiger charge is -2.17. The van der Waals surface area contributed by atoms with Gasteiger partial charge in [-0.25, -0.2) is 0 Å². The van der Waals surface area contributed by atoms with Crippen LogP contribution in [0.2, 0.25) is 0 Å². The van der Waals surface area contributed by atoms with Gasteiger partial charge < -0.3 is 15.4 Å². The van der Waals surface area contributed by atoms with Gasteiger partial charge in [-0.1, -0.05) is 56.3 Å². The monoisotopic (exact) mass is 388 g/mol. The average Bonchev–Trinajstić information content (AvgIpc) is 3.11. The van der Waals surface area contributed by atoms with Gasteiger partial charge >= 0.3 is 0 Å². The van der Waals surface area contributed by atoms with Crippen LogP contribution >= 0.6 is 12.4 Å². The molecule has 1 saturated heterocycles. The zero-order valence-corrected chi connectivity index (χ0v) is 16.8. The summed E-state index contributed by atoms with van der Waals surface area (Å²) in [6, 6.07) is 18.3. The van der Waals surface area contributed by atoms with Gasteiger partial charge in [0.15, 0.2) is 6.61 Å². The lowest BCUT2D eigenvalue weighted by molar-refractivity contribution is -0.132. The molecule has 2 aromatic carbocycles. The minimum absolute atomic E-state index is 0. The Hall–Kier alpha value is -2.04. The largest absolute Gasteiger partial charge is 0.484 e. The second-order valence-electron chi connectivity index (χ2n) is 7.32. The number of hydrogen-bond donors (Lipinski definition) is 1. The maximum absolute atomic E-state index is 12.6. The molecular weight excluding hydrogens is 360 g/mol. The summed E-state index contributed by atoms with van der Waals surface area (Å²) >= 11 is 0. The van der Waals surface area contributed by atoms with Crippen molar-refractivity contribution in [2.24, 2.45) is 11.7 Å². The molecule has 4 nitrogen and oxygen atoms in total. The zero-order valence-electron chi connectivity index (χ0n) is 16.0. The van der Waals surface area contributed by atoms with Crippen LogP contribution in [0.1, 0.15) is 36.8 Å². The zero-order chi connectivity index (χ0) is 18.5. The normalized spacial score (nSPS) is 19.0. The van der Waals surface area contributed by atoms with Crippen molar-refractivity contribution >= 4 is 18.3 Å². The highest BCUT2D eigenvalue weighted by atomic mass is 35.5. The SMILES string of the molecule is CC(C)c1ccc(OCC(=O)N2C[C@@H](CN)[C@H](c3ccccc3)C2)cc1.Cl. The molecule has 1 amide bonds. The van der Waals surface area contributed by atoms with Crippen molar-refractivity contribution in [2.75, 3.05) is 26.2 Å². The number of hydrogen-bond acceptors (Lipinski definition) is 3. The Morgan fingerprint density at radius 3 is 2.37 bits per heavy atom. The van der Waals surface area contributed by atoms with Gasteiger partial charge in [-0.2, -0.15) is 0 Å². The number of nitrogens with zero attached hydrogens (tertiary/aromatic N) is 1. The van der Waals surface area contributed by atoms with E-state index >= 15 is 0 Å². The van der Waals surface area contributed by atoms with Gasteiger partial charge in [0.1, 0.15) is 5.75 Å². The van der Waals surface area contributed by atoms with Gasteiger partial charge in [0.2, 0.25) is 0 Å². The predicted molar refractivity (Wildman–Crippen MR) is 112 cm³/mol. The number of ether oxygens (including phenoxy) is 1. The van der Waals surface area contributed by atoms with E-state index in [0.29, 0.717) is 37.4 Å². The number of benzene rings is 2. The Bertz CT molecular complexity index is 719. The average molecular weight is 389 g/mol. The van der Waals surface area contributed by atoms with Crippen LogP contribution < -0.4 is 10.5 Å². The van der Waals surface area contributed by atoms with Crippen LogP contribution in [-0.4, -0.2) is 37.0 Å². The first-order valence-corrected chi connectivity index (χ1v) is 9.34. The van der Waals surface area contributed by atoms with Gasteiger partial charge in [0, 0.05) is 19.0 Å². The smallest absolute Gasteiger partial charge is 0.260 e. The van der Waals surface area contributed by atoms with Gasteiger partial charge in [-0.05, 0) is 41.6 Å². The fourth-order valence-electron chi connectivity index (χ4n) is 3.58. The number of carbonyl (C=O) groups excluding carboxylic acids is 1. The Morgan fingerprint density at radius 2 is 1.78 bits per heavy atom. The summed E-state index contributed by atoms with van der Waals surface area (Å²) in [4.78, 5) is 14.5. The predicted octanol–water partition coefficient (Wildman–Crippen LogP) is 3.81. The molecule has 0 aliphatic carbocycles. The van der Waals surface area contributed by atoms with E-state index in [4.69, 9.17) is 10.5 Å². The molecule has 0 saturated carbocycles. The van der Waals surface area contributed by atoms with Gasteiger partial charge in [0.25, 0.3) is 5.91 Å². The highest BCUT2D eigenvalue weighted by Crippen LogP contribution is 2.32. The maximum atomic E-state index is 12.6. The quantitative estimate of drug-likeness (QED) is 0.818. The molecule has 0 spiro atoms. The van der Waals surface area contributed by atoms with E-state index in [1.807, 2.05) is 35.2 Å². The minimum Gasteiger partial charge on any atom is -0.484 e. The van der Waals surface area contributed by atoms with Crippen molar-refractivity contribution in [3.63, 3.8) is 0 Å². The van der Waals surface area contributed by atoms with E-state index in [0.717, 1.165) is 5.75 Å². The van der Waals surface area contributed by atoms with Crippen LogP contribution in [-0.2, 0) is 4.79 Å². The van der Waals surface area contributed by atoms with E-state index in [2.05, 4.69) is 38.1 Å².